The lowest BCUT2D eigenvalue weighted by Crippen LogP contribution is -2.40. The Morgan fingerprint density at radius 1 is 1.42 bits per heavy atom. The number of hydrogen-bond donors (Lipinski definition) is 1. The van der Waals surface area contributed by atoms with E-state index < -0.39 is 0 Å². The number of amides is 1. The molecule has 1 atom stereocenters. The van der Waals surface area contributed by atoms with Crippen LogP contribution in [0.5, 0.6) is 0 Å². The topological polar surface area (TPSA) is 53.7 Å². The minimum absolute atomic E-state index is 0.00287. The summed E-state index contributed by atoms with van der Waals surface area (Å²) in [4.78, 5) is 14.3. The zero-order valence-electron chi connectivity index (χ0n) is 10.7. The average Bonchev–Trinajstić information content (AvgIpc) is 2.90. The highest BCUT2D eigenvalue weighted by Gasteiger charge is 2.25. The normalized spacial score (nSPS) is 19.8. The maximum atomic E-state index is 12.5. The molecular formula is C15H17NO3. The first-order chi connectivity index (χ1) is 9.29. The van der Waals surface area contributed by atoms with E-state index >= 15 is 0 Å². The van der Waals surface area contributed by atoms with Crippen molar-refractivity contribution >= 4 is 16.9 Å². The molecule has 1 fully saturated rings. The van der Waals surface area contributed by atoms with Gasteiger partial charge in [0.05, 0.1) is 5.56 Å². The molecule has 3 rings (SSSR count). The SMILES string of the molecule is O=C(c1coc2ccccc12)N1CCCC(CO)C1. The van der Waals surface area contributed by atoms with E-state index in [0.29, 0.717) is 12.1 Å². The summed E-state index contributed by atoms with van der Waals surface area (Å²) in [6.45, 7) is 1.54. The van der Waals surface area contributed by atoms with Crippen molar-refractivity contribution in [2.24, 2.45) is 5.92 Å². The van der Waals surface area contributed by atoms with E-state index in [9.17, 15) is 9.90 Å². The maximum Gasteiger partial charge on any atom is 0.257 e. The summed E-state index contributed by atoms with van der Waals surface area (Å²) >= 11 is 0. The average molecular weight is 259 g/mol. The van der Waals surface area contributed by atoms with E-state index in [1.165, 1.54) is 6.26 Å². The monoisotopic (exact) mass is 259 g/mol. The zero-order chi connectivity index (χ0) is 13.2. The van der Waals surface area contributed by atoms with Crippen LogP contribution in [0.2, 0.25) is 0 Å². The Kier molecular flexibility index (Phi) is 3.25. The molecule has 19 heavy (non-hydrogen) atoms. The highest BCUT2D eigenvalue weighted by atomic mass is 16.3. The predicted octanol–water partition coefficient (Wildman–Crippen LogP) is 2.28. The van der Waals surface area contributed by atoms with Gasteiger partial charge in [0.1, 0.15) is 11.8 Å². The quantitative estimate of drug-likeness (QED) is 0.900. The second kappa shape index (κ2) is 5.05. The first kappa shape index (κ1) is 12.2. The molecule has 1 N–H and O–H groups in total. The van der Waals surface area contributed by atoms with Gasteiger partial charge in [0.2, 0.25) is 0 Å². The van der Waals surface area contributed by atoms with Crippen molar-refractivity contribution < 1.29 is 14.3 Å². The number of carbonyl (C=O) groups excluding carboxylic acids is 1. The summed E-state index contributed by atoms with van der Waals surface area (Å²) in [7, 11) is 0. The zero-order valence-corrected chi connectivity index (χ0v) is 10.7. The fourth-order valence-corrected chi connectivity index (χ4v) is 2.71. The molecule has 4 heteroatoms. The van der Waals surface area contributed by atoms with Gasteiger partial charge in [-0.05, 0) is 24.8 Å². The first-order valence-electron chi connectivity index (χ1n) is 6.66. The lowest BCUT2D eigenvalue weighted by Gasteiger charge is -2.31. The van der Waals surface area contributed by atoms with Crippen LogP contribution in [0, 0.1) is 5.92 Å². The molecule has 1 aromatic heterocycles. The predicted molar refractivity (Wildman–Crippen MR) is 71.9 cm³/mol. The van der Waals surface area contributed by atoms with Crippen molar-refractivity contribution in [3.05, 3.63) is 36.1 Å². The van der Waals surface area contributed by atoms with Crippen LogP contribution >= 0.6 is 0 Å². The molecule has 0 bridgehead atoms. The third kappa shape index (κ3) is 2.24. The van der Waals surface area contributed by atoms with Crippen LogP contribution in [-0.4, -0.2) is 35.6 Å². The molecule has 2 aromatic rings. The molecule has 1 aliphatic heterocycles. The molecule has 1 saturated heterocycles. The Morgan fingerprint density at radius 3 is 3.11 bits per heavy atom. The Bertz CT molecular complexity index is 590. The number of hydrogen-bond acceptors (Lipinski definition) is 3. The molecule has 0 aliphatic carbocycles. The largest absolute Gasteiger partial charge is 0.463 e. The highest BCUT2D eigenvalue weighted by Crippen LogP contribution is 2.24. The summed E-state index contributed by atoms with van der Waals surface area (Å²) in [5.74, 6) is 0.207. The number of aliphatic hydroxyl groups excluding tert-OH is 1. The molecule has 1 aromatic carbocycles. The molecule has 4 nitrogen and oxygen atoms in total. The third-order valence-corrected chi connectivity index (χ3v) is 3.78. The van der Waals surface area contributed by atoms with E-state index in [1.54, 1.807) is 0 Å². The molecule has 0 spiro atoms. The van der Waals surface area contributed by atoms with Crippen molar-refractivity contribution in [2.45, 2.75) is 12.8 Å². The van der Waals surface area contributed by atoms with Gasteiger partial charge in [-0.1, -0.05) is 18.2 Å². The number of aliphatic hydroxyl groups is 1. The summed E-state index contributed by atoms with van der Waals surface area (Å²) in [6, 6.07) is 7.56. The molecule has 100 valence electrons. The number of piperidine rings is 1. The standard InChI is InChI=1S/C15H17NO3/c17-9-11-4-3-7-16(8-11)15(18)13-10-19-14-6-2-1-5-12(13)14/h1-2,5-6,10-11,17H,3-4,7-9H2. The number of fused-ring (bicyclic) bond motifs is 1. The Hall–Kier alpha value is -1.81. The molecule has 0 radical (unpaired) electrons. The van der Waals surface area contributed by atoms with Crippen LogP contribution in [0.4, 0.5) is 0 Å². The number of carbonyl (C=O) groups is 1. The van der Waals surface area contributed by atoms with Gasteiger partial charge in [0, 0.05) is 25.1 Å². The number of benzene rings is 1. The highest BCUT2D eigenvalue weighted by molar-refractivity contribution is 6.05. The molecule has 2 heterocycles. The fraction of sp³-hybridized carbons (Fsp3) is 0.400. The van der Waals surface area contributed by atoms with Crippen molar-refractivity contribution in [3.8, 4) is 0 Å². The van der Waals surface area contributed by atoms with Crippen LogP contribution in [-0.2, 0) is 0 Å². The van der Waals surface area contributed by atoms with Crippen molar-refractivity contribution in [1.29, 1.82) is 0 Å². The van der Waals surface area contributed by atoms with Gasteiger partial charge in [-0.15, -0.1) is 0 Å². The summed E-state index contributed by atoms with van der Waals surface area (Å²) in [6.07, 6.45) is 3.48. The van der Waals surface area contributed by atoms with Crippen LogP contribution in [0.15, 0.2) is 34.9 Å². The summed E-state index contributed by atoms with van der Waals surface area (Å²) in [5, 5.41) is 10.1. The van der Waals surface area contributed by atoms with Crippen molar-refractivity contribution in [2.75, 3.05) is 19.7 Å². The second-order valence-corrected chi connectivity index (χ2v) is 5.09. The second-order valence-electron chi connectivity index (χ2n) is 5.09. The first-order valence-corrected chi connectivity index (χ1v) is 6.66. The number of nitrogens with zero attached hydrogens (tertiary/aromatic N) is 1. The van der Waals surface area contributed by atoms with Gasteiger partial charge >= 0.3 is 0 Å². The number of para-hydroxylation sites is 1. The Labute approximate surface area is 111 Å². The lowest BCUT2D eigenvalue weighted by atomic mass is 9.98. The van der Waals surface area contributed by atoms with Gasteiger partial charge in [0.25, 0.3) is 5.91 Å². The smallest absolute Gasteiger partial charge is 0.257 e. The lowest BCUT2D eigenvalue weighted by molar-refractivity contribution is 0.0621. The van der Waals surface area contributed by atoms with Crippen molar-refractivity contribution in [3.63, 3.8) is 0 Å². The molecule has 0 saturated carbocycles. The number of rotatable bonds is 2. The minimum Gasteiger partial charge on any atom is -0.463 e. The molecular weight excluding hydrogens is 242 g/mol. The van der Waals surface area contributed by atoms with Gasteiger partial charge in [-0.2, -0.15) is 0 Å². The van der Waals surface area contributed by atoms with Crippen LogP contribution < -0.4 is 0 Å². The molecule has 1 aliphatic rings. The molecule has 1 amide bonds. The van der Waals surface area contributed by atoms with E-state index in [0.717, 1.165) is 30.4 Å². The molecule has 1 unspecified atom stereocenters. The third-order valence-electron chi connectivity index (χ3n) is 3.78. The van der Waals surface area contributed by atoms with E-state index in [4.69, 9.17) is 4.42 Å². The van der Waals surface area contributed by atoms with Gasteiger partial charge in [-0.25, -0.2) is 0 Å². The van der Waals surface area contributed by atoms with Crippen LogP contribution in [0.25, 0.3) is 11.0 Å². The summed E-state index contributed by atoms with van der Waals surface area (Å²) in [5.41, 5.74) is 1.36. The number of furan rings is 1. The fourth-order valence-electron chi connectivity index (χ4n) is 2.71. The van der Waals surface area contributed by atoms with E-state index in [1.807, 2.05) is 29.2 Å². The minimum atomic E-state index is 0.00287. The summed E-state index contributed by atoms with van der Waals surface area (Å²) < 4.78 is 5.42. The Morgan fingerprint density at radius 2 is 2.26 bits per heavy atom. The Balaban J connectivity index is 1.87. The van der Waals surface area contributed by atoms with Gasteiger partial charge in [-0.3, -0.25) is 4.79 Å². The van der Waals surface area contributed by atoms with Crippen molar-refractivity contribution in [1.82, 2.24) is 4.90 Å². The van der Waals surface area contributed by atoms with Crippen LogP contribution in [0.1, 0.15) is 23.2 Å². The maximum absolute atomic E-state index is 12.5. The van der Waals surface area contributed by atoms with E-state index in [2.05, 4.69) is 0 Å². The van der Waals surface area contributed by atoms with E-state index in [-0.39, 0.29) is 18.4 Å². The van der Waals surface area contributed by atoms with Gasteiger partial charge < -0.3 is 14.4 Å². The van der Waals surface area contributed by atoms with Crippen LogP contribution in [0.3, 0.4) is 0 Å². The van der Waals surface area contributed by atoms with Gasteiger partial charge in [0.15, 0.2) is 0 Å². The number of likely N-dealkylation sites (tertiary alicyclic amines) is 1.